The topological polar surface area (TPSA) is 66.8 Å². The molecule has 4 nitrogen and oxygen atoms in total. The summed E-state index contributed by atoms with van der Waals surface area (Å²) in [5.41, 5.74) is 0. The van der Waals surface area contributed by atoms with Crippen molar-refractivity contribution in [2.45, 2.75) is 6.10 Å². The Bertz CT molecular complexity index is 126. The zero-order valence-electron chi connectivity index (χ0n) is 5.49. The number of aliphatic hydroxyl groups is 2. The van der Waals surface area contributed by atoms with Gasteiger partial charge in [-0.25, -0.2) is 4.79 Å². The van der Waals surface area contributed by atoms with Gasteiger partial charge in [0.15, 0.2) is 6.10 Å². The van der Waals surface area contributed by atoms with E-state index >= 15 is 0 Å². The molecule has 0 aliphatic heterocycles. The third kappa shape index (κ3) is 6.52. The third-order valence-corrected chi connectivity index (χ3v) is 0.788. The Morgan fingerprint density at radius 1 is 1.73 bits per heavy atom. The fourth-order valence-electron chi connectivity index (χ4n) is 0.312. The molecule has 60 valence electrons. The van der Waals surface area contributed by atoms with Gasteiger partial charge in [-0.1, -0.05) is 12.7 Å². The average molecular weight is 170 g/mol. The standard InChI is InChI=1S/C6H10O4.Na.H/c1-2-3-10-6(9)5(8)4-7;;/h2,5,7-8H,1,3-4H2;;. The molecule has 0 aromatic heterocycles. The van der Waals surface area contributed by atoms with Crippen molar-refractivity contribution in [1.29, 1.82) is 0 Å². The Labute approximate surface area is 87.2 Å². The normalized spacial score (nSPS) is 11.1. The van der Waals surface area contributed by atoms with Crippen LogP contribution in [0.4, 0.5) is 0 Å². The van der Waals surface area contributed by atoms with Crippen molar-refractivity contribution in [2.75, 3.05) is 13.2 Å². The molecule has 0 aliphatic rings. The van der Waals surface area contributed by atoms with Crippen LogP contribution in [0.2, 0.25) is 0 Å². The minimum atomic E-state index is -1.43. The number of ether oxygens (including phenoxy) is 1. The van der Waals surface area contributed by atoms with Crippen LogP contribution in [0.1, 0.15) is 0 Å². The number of esters is 1. The second-order valence-corrected chi connectivity index (χ2v) is 1.62. The quantitative estimate of drug-likeness (QED) is 0.303. The van der Waals surface area contributed by atoms with Crippen LogP contribution >= 0.6 is 0 Å². The zero-order chi connectivity index (χ0) is 7.98. The summed E-state index contributed by atoms with van der Waals surface area (Å²) < 4.78 is 4.38. The molecular weight excluding hydrogens is 159 g/mol. The van der Waals surface area contributed by atoms with Crippen LogP contribution in [0.5, 0.6) is 0 Å². The van der Waals surface area contributed by atoms with Crippen LogP contribution in [0.3, 0.4) is 0 Å². The maximum absolute atomic E-state index is 10.5. The molecule has 0 heterocycles. The monoisotopic (exact) mass is 170 g/mol. The number of hydrogen-bond donors (Lipinski definition) is 2. The van der Waals surface area contributed by atoms with Crippen molar-refractivity contribution in [3.8, 4) is 0 Å². The molecule has 0 aliphatic carbocycles. The molecule has 0 rings (SSSR count). The summed E-state index contributed by atoms with van der Waals surface area (Å²) in [4.78, 5) is 10.5. The molecule has 0 fully saturated rings. The average Bonchev–Trinajstić information content (AvgIpc) is 1.98. The van der Waals surface area contributed by atoms with Crippen molar-refractivity contribution in [2.24, 2.45) is 0 Å². The number of rotatable bonds is 4. The molecule has 0 spiro atoms. The molecule has 0 aromatic rings. The molecule has 0 saturated carbocycles. The van der Waals surface area contributed by atoms with E-state index in [-0.39, 0.29) is 36.2 Å². The van der Waals surface area contributed by atoms with Crippen LogP contribution in [0, 0.1) is 0 Å². The SMILES string of the molecule is C=CCOC(=O)C(O)CO.[NaH]. The van der Waals surface area contributed by atoms with Gasteiger partial charge in [-0.15, -0.1) is 0 Å². The van der Waals surface area contributed by atoms with Crippen molar-refractivity contribution >= 4 is 35.5 Å². The number of aliphatic hydroxyl groups excluding tert-OH is 2. The molecule has 1 unspecified atom stereocenters. The van der Waals surface area contributed by atoms with E-state index in [9.17, 15) is 4.79 Å². The molecule has 11 heavy (non-hydrogen) atoms. The van der Waals surface area contributed by atoms with Gasteiger partial charge in [-0.3, -0.25) is 0 Å². The summed E-state index contributed by atoms with van der Waals surface area (Å²) in [6.45, 7) is 2.73. The van der Waals surface area contributed by atoms with Gasteiger partial charge in [0.05, 0.1) is 6.61 Å². The molecule has 0 amide bonds. The van der Waals surface area contributed by atoms with Gasteiger partial charge in [0, 0.05) is 0 Å². The second kappa shape index (κ2) is 8.23. The van der Waals surface area contributed by atoms with E-state index in [1.807, 2.05) is 0 Å². The molecule has 2 N–H and O–H groups in total. The van der Waals surface area contributed by atoms with Crippen molar-refractivity contribution < 1.29 is 19.7 Å². The van der Waals surface area contributed by atoms with Crippen molar-refractivity contribution in [1.82, 2.24) is 0 Å². The Kier molecular flexibility index (Phi) is 10.2. The Morgan fingerprint density at radius 3 is 2.64 bits per heavy atom. The summed E-state index contributed by atoms with van der Waals surface area (Å²) >= 11 is 0. The van der Waals surface area contributed by atoms with E-state index in [4.69, 9.17) is 10.2 Å². The van der Waals surface area contributed by atoms with E-state index in [1.54, 1.807) is 0 Å². The molecule has 0 saturated heterocycles. The molecule has 0 radical (unpaired) electrons. The predicted molar refractivity (Wildman–Crippen MR) is 41.4 cm³/mol. The number of hydrogen-bond acceptors (Lipinski definition) is 4. The van der Waals surface area contributed by atoms with E-state index in [1.165, 1.54) is 6.08 Å². The molecule has 1 atom stereocenters. The summed E-state index contributed by atoms with van der Waals surface area (Å²) in [5.74, 6) is -0.831. The fraction of sp³-hybridized carbons (Fsp3) is 0.500. The van der Waals surface area contributed by atoms with E-state index in [0.717, 1.165) is 0 Å². The first-order valence-electron chi connectivity index (χ1n) is 2.78. The van der Waals surface area contributed by atoms with Crippen LogP contribution in [0.15, 0.2) is 12.7 Å². The Hall–Kier alpha value is 0.130. The maximum atomic E-state index is 10.5. The summed E-state index contributed by atoms with van der Waals surface area (Å²) in [5, 5.41) is 16.8. The molecule has 0 bridgehead atoms. The van der Waals surface area contributed by atoms with Crippen molar-refractivity contribution in [3.05, 3.63) is 12.7 Å². The van der Waals surface area contributed by atoms with Gasteiger partial charge in [-0.05, 0) is 0 Å². The van der Waals surface area contributed by atoms with Crippen LogP contribution in [-0.4, -0.2) is 65.1 Å². The Balaban J connectivity index is 0. The fourth-order valence-corrected chi connectivity index (χ4v) is 0.312. The van der Waals surface area contributed by atoms with Gasteiger partial charge >= 0.3 is 35.5 Å². The first-order chi connectivity index (χ1) is 4.72. The van der Waals surface area contributed by atoms with Gasteiger partial charge in [0.1, 0.15) is 6.61 Å². The first kappa shape index (κ1) is 13.7. The molecule has 0 aromatic carbocycles. The van der Waals surface area contributed by atoms with Gasteiger partial charge in [0.25, 0.3) is 0 Å². The van der Waals surface area contributed by atoms with Gasteiger partial charge in [0.2, 0.25) is 0 Å². The minimum absolute atomic E-state index is 0. The predicted octanol–water partition coefficient (Wildman–Crippen LogP) is -1.58. The van der Waals surface area contributed by atoms with Gasteiger partial charge < -0.3 is 14.9 Å². The summed E-state index contributed by atoms with van der Waals surface area (Å²) in [7, 11) is 0. The Morgan fingerprint density at radius 2 is 2.27 bits per heavy atom. The summed E-state index contributed by atoms with van der Waals surface area (Å²) in [6.07, 6.45) is -0.0536. The summed E-state index contributed by atoms with van der Waals surface area (Å²) in [6, 6.07) is 0. The number of carbonyl (C=O) groups excluding carboxylic acids is 1. The van der Waals surface area contributed by atoms with Crippen molar-refractivity contribution in [3.63, 3.8) is 0 Å². The third-order valence-electron chi connectivity index (χ3n) is 0.788. The van der Waals surface area contributed by atoms with Crippen LogP contribution < -0.4 is 0 Å². The second-order valence-electron chi connectivity index (χ2n) is 1.62. The number of carbonyl (C=O) groups is 1. The van der Waals surface area contributed by atoms with E-state index < -0.39 is 18.7 Å². The van der Waals surface area contributed by atoms with E-state index in [2.05, 4.69) is 11.3 Å². The first-order valence-corrected chi connectivity index (χ1v) is 2.78. The zero-order valence-corrected chi connectivity index (χ0v) is 5.49. The van der Waals surface area contributed by atoms with Crippen LogP contribution in [-0.2, 0) is 9.53 Å². The van der Waals surface area contributed by atoms with E-state index in [0.29, 0.717) is 0 Å². The molecular formula is C6H11NaO4. The molecule has 5 heteroatoms. The van der Waals surface area contributed by atoms with Gasteiger partial charge in [-0.2, -0.15) is 0 Å². The van der Waals surface area contributed by atoms with Crippen LogP contribution in [0.25, 0.3) is 0 Å².